The van der Waals surface area contributed by atoms with Crippen molar-refractivity contribution < 1.29 is 24.9 Å². The number of hydrogen-bond donors (Lipinski definition) is 3. The third-order valence-corrected chi connectivity index (χ3v) is 4.32. The number of carbonyl (C=O) groups is 1. The number of aliphatic carboxylic acids is 1. The van der Waals surface area contributed by atoms with Crippen molar-refractivity contribution in [3.63, 3.8) is 0 Å². The molecule has 1 saturated carbocycles. The van der Waals surface area contributed by atoms with E-state index < -0.39 is 24.1 Å². The van der Waals surface area contributed by atoms with Crippen molar-refractivity contribution in [3.05, 3.63) is 0 Å². The second-order valence-corrected chi connectivity index (χ2v) is 5.24. The predicted octanol–water partition coefficient (Wildman–Crippen LogP) is -0.121. The van der Waals surface area contributed by atoms with Crippen molar-refractivity contribution in [1.82, 2.24) is 0 Å². The van der Waals surface area contributed by atoms with E-state index in [2.05, 4.69) is 0 Å². The maximum absolute atomic E-state index is 10.6. The third kappa shape index (κ3) is 2.80. The number of rotatable bonds is 4. The minimum atomic E-state index is -0.960. The van der Waals surface area contributed by atoms with E-state index in [0.717, 1.165) is 0 Å². The zero-order valence-corrected chi connectivity index (χ0v) is 10.5. The lowest BCUT2D eigenvalue weighted by molar-refractivity contribution is -0.139. The number of methoxy groups -OCH3 is 1. The van der Waals surface area contributed by atoms with Crippen molar-refractivity contribution >= 4 is 28.6 Å². The first kappa shape index (κ1) is 13.1. The summed E-state index contributed by atoms with van der Waals surface area (Å²) in [5, 5.41) is 28.3. The van der Waals surface area contributed by atoms with Crippen LogP contribution in [0.2, 0.25) is 0 Å². The monoisotopic (exact) mass is 330 g/mol. The van der Waals surface area contributed by atoms with Gasteiger partial charge in [-0.3, -0.25) is 4.79 Å². The van der Waals surface area contributed by atoms with Crippen molar-refractivity contribution in [2.45, 2.75) is 22.6 Å². The Kier molecular flexibility index (Phi) is 4.75. The van der Waals surface area contributed by atoms with Crippen LogP contribution >= 0.6 is 22.6 Å². The van der Waals surface area contributed by atoms with Gasteiger partial charge in [0.15, 0.2) is 0 Å². The SMILES string of the molecule is COC[C@H]1[C@H](CC(=O)O)[C@H](O)C(I)[C@@H]1O. The van der Waals surface area contributed by atoms with Gasteiger partial charge in [0.25, 0.3) is 0 Å². The number of aliphatic hydroxyl groups is 2. The lowest BCUT2D eigenvalue weighted by Gasteiger charge is -2.20. The number of halogens is 1. The molecule has 15 heavy (non-hydrogen) atoms. The number of carboxylic acids is 1. The fourth-order valence-corrected chi connectivity index (χ4v) is 3.14. The van der Waals surface area contributed by atoms with Gasteiger partial charge in [0.1, 0.15) is 0 Å². The summed E-state index contributed by atoms with van der Waals surface area (Å²) < 4.78 is 4.61. The minimum Gasteiger partial charge on any atom is -0.481 e. The maximum atomic E-state index is 10.6. The molecule has 0 heterocycles. The van der Waals surface area contributed by atoms with Crippen LogP contribution in [-0.4, -0.2) is 51.1 Å². The molecule has 5 atom stereocenters. The van der Waals surface area contributed by atoms with Crippen LogP contribution < -0.4 is 0 Å². The van der Waals surface area contributed by atoms with Crippen molar-refractivity contribution in [2.24, 2.45) is 11.8 Å². The van der Waals surface area contributed by atoms with Gasteiger partial charge in [-0.15, -0.1) is 0 Å². The van der Waals surface area contributed by atoms with Crippen LogP contribution in [0.15, 0.2) is 0 Å². The van der Waals surface area contributed by atoms with Crippen LogP contribution in [0.4, 0.5) is 0 Å². The first-order valence-corrected chi connectivity index (χ1v) is 5.94. The Hall–Kier alpha value is 0.0800. The van der Waals surface area contributed by atoms with Crippen LogP contribution in [0.1, 0.15) is 6.42 Å². The summed E-state index contributed by atoms with van der Waals surface area (Å²) in [5.74, 6) is -1.69. The Morgan fingerprint density at radius 1 is 1.33 bits per heavy atom. The minimum absolute atomic E-state index is 0.133. The molecule has 0 aliphatic heterocycles. The lowest BCUT2D eigenvalue weighted by Crippen LogP contribution is -2.28. The van der Waals surface area contributed by atoms with Gasteiger partial charge < -0.3 is 20.1 Å². The molecular formula is C9H15IO5. The molecule has 5 nitrogen and oxygen atoms in total. The number of hydrogen-bond acceptors (Lipinski definition) is 4. The Balaban J connectivity index is 2.75. The highest BCUT2D eigenvalue weighted by atomic mass is 127. The Morgan fingerprint density at radius 2 is 1.87 bits per heavy atom. The molecule has 3 N–H and O–H groups in total. The number of carboxylic acid groups (broad SMARTS) is 1. The maximum Gasteiger partial charge on any atom is 0.303 e. The predicted molar refractivity (Wildman–Crippen MR) is 60.9 cm³/mol. The van der Waals surface area contributed by atoms with Gasteiger partial charge >= 0.3 is 5.97 Å². The fourth-order valence-electron chi connectivity index (χ4n) is 2.07. The molecule has 1 rings (SSSR count). The quantitative estimate of drug-likeness (QED) is 0.494. The summed E-state index contributed by atoms with van der Waals surface area (Å²) in [6.45, 7) is 0.273. The second-order valence-electron chi connectivity index (χ2n) is 3.81. The van der Waals surface area contributed by atoms with Crippen LogP contribution in [0.5, 0.6) is 0 Å². The van der Waals surface area contributed by atoms with E-state index in [9.17, 15) is 15.0 Å². The molecule has 0 aromatic carbocycles. The normalized spacial score (nSPS) is 40.7. The first-order valence-electron chi connectivity index (χ1n) is 4.70. The summed E-state index contributed by atoms with van der Waals surface area (Å²) in [4.78, 5) is 10.6. The third-order valence-electron chi connectivity index (χ3n) is 2.85. The van der Waals surface area contributed by atoms with Crippen LogP contribution in [0.3, 0.4) is 0 Å². The van der Waals surface area contributed by atoms with Gasteiger partial charge in [-0.05, 0) is 0 Å². The van der Waals surface area contributed by atoms with Crippen molar-refractivity contribution in [1.29, 1.82) is 0 Å². The zero-order chi connectivity index (χ0) is 11.6. The van der Waals surface area contributed by atoms with Gasteiger partial charge in [0.05, 0.1) is 29.2 Å². The fraction of sp³-hybridized carbons (Fsp3) is 0.889. The zero-order valence-electron chi connectivity index (χ0n) is 8.34. The Morgan fingerprint density at radius 3 is 2.33 bits per heavy atom. The smallest absolute Gasteiger partial charge is 0.303 e. The molecule has 0 saturated heterocycles. The molecule has 0 amide bonds. The molecule has 1 fully saturated rings. The highest BCUT2D eigenvalue weighted by Gasteiger charge is 2.48. The van der Waals surface area contributed by atoms with E-state index in [1.807, 2.05) is 22.6 Å². The molecular weight excluding hydrogens is 315 g/mol. The van der Waals surface area contributed by atoms with Crippen LogP contribution in [-0.2, 0) is 9.53 Å². The van der Waals surface area contributed by atoms with Crippen molar-refractivity contribution in [2.75, 3.05) is 13.7 Å². The van der Waals surface area contributed by atoms with Crippen LogP contribution in [0.25, 0.3) is 0 Å². The van der Waals surface area contributed by atoms with Gasteiger partial charge in [-0.2, -0.15) is 0 Å². The number of aliphatic hydroxyl groups excluding tert-OH is 2. The van der Waals surface area contributed by atoms with E-state index in [1.54, 1.807) is 0 Å². The summed E-state index contributed by atoms with van der Waals surface area (Å²) in [6.07, 6.45) is -1.62. The second kappa shape index (κ2) is 5.42. The number of ether oxygens (including phenoxy) is 1. The summed E-state index contributed by atoms with van der Waals surface area (Å²) in [6, 6.07) is 0. The standard InChI is InChI=1S/C9H15IO5/c1-15-3-5-4(2-6(11)12)8(13)7(10)9(5)14/h4-5,7-9,13-14H,2-3H2,1H3,(H,11,12)/t4-,5-,7?,8-,9+/m0/s1. The average molecular weight is 330 g/mol. The highest BCUT2D eigenvalue weighted by Crippen LogP contribution is 2.39. The van der Waals surface area contributed by atoms with E-state index in [0.29, 0.717) is 0 Å². The molecule has 1 unspecified atom stereocenters. The van der Waals surface area contributed by atoms with E-state index in [-0.39, 0.29) is 22.9 Å². The van der Waals surface area contributed by atoms with E-state index >= 15 is 0 Å². The lowest BCUT2D eigenvalue weighted by atomic mass is 9.91. The summed E-state index contributed by atoms with van der Waals surface area (Å²) in [5.41, 5.74) is 0. The van der Waals surface area contributed by atoms with Gasteiger partial charge in [-0.1, -0.05) is 22.6 Å². The topological polar surface area (TPSA) is 87.0 Å². The molecule has 1 aliphatic carbocycles. The van der Waals surface area contributed by atoms with Crippen LogP contribution in [0, 0.1) is 11.8 Å². The van der Waals surface area contributed by atoms with E-state index in [4.69, 9.17) is 9.84 Å². The molecule has 0 radical (unpaired) electrons. The largest absolute Gasteiger partial charge is 0.481 e. The molecule has 6 heteroatoms. The van der Waals surface area contributed by atoms with Crippen molar-refractivity contribution in [3.8, 4) is 0 Å². The Labute approximate surface area is 102 Å². The van der Waals surface area contributed by atoms with E-state index in [1.165, 1.54) is 7.11 Å². The first-order chi connectivity index (χ1) is 6.99. The molecule has 0 bridgehead atoms. The molecule has 0 aromatic rings. The molecule has 0 spiro atoms. The Bertz CT molecular complexity index is 235. The molecule has 0 aromatic heterocycles. The van der Waals surface area contributed by atoms with Gasteiger partial charge in [0.2, 0.25) is 0 Å². The summed E-state index contributed by atoms with van der Waals surface area (Å²) in [7, 11) is 1.50. The van der Waals surface area contributed by atoms with Gasteiger partial charge in [-0.25, -0.2) is 0 Å². The average Bonchev–Trinajstić information content (AvgIpc) is 2.35. The number of alkyl halides is 1. The van der Waals surface area contributed by atoms with Gasteiger partial charge in [0, 0.05) is 18.9 Å². The molecule has 88 valence electrons. The highest BCUT2D eigenvalue weighted by molar-refractivity contribution is 14.1. The summed E-state index contributed by atoms with van der Waals surface area (Å²) >= 11 is 1.95. The molecule has 1 aliphatic rings.